The topological polar surface area (TPSA) is 66.6 Å². The van der Waals surface area contributed by atoms with Crippen molar-refractivity contribution in [3.63, 3.8) is 0 Å². The summed E-state index contributed by atoms with van der Waals surface area (Å²) >= 11 is 0. The summed E-state index contributed by atoms with van der Waals surface area (Å²) in [6.07, 6.45) is 3.89. The number of carboxylic acid groups (broad SMARTS) is 1. The van der Waals surface area contributed by atoms with Crippen molar-refractivity contribution in [2.75, 3.05) is 6.54 Å². The molecular formula is C12H18N2O3. The number of hydrogen-bond donors (Lipinski definition) is 1. The van der Waals surface area contributed by atoms with Crippen molar-refractivity contribution < 1.29 is 14.4 Å². The van der Waals surface area contributed by atoms with E-state index < -0.39 is 5.97 Å². The fourth-order valence-electron chi connectivity index (χ4n) is 2.34. The van der Waals surface area contributed by atoms with Crippen molar-refractivity contribution in [3.8, 4) is 0 Å². The van der Waals surface area contributed by atoms with Crippen molar-refractivity contribution in [2.24, 2.45) is 0 Å². The molecule has 0 aromatic carbocycles. The summed E-state index contributed by atoms with van der Waals surface area (Å²) in [7, 11) is 0. The minimum atomic E-state index is -0.730. The SMILES string of the molecule is Cc1cc(CN2CCCCCC2C(=O)O)no1. The van der Waals surface area contributed by atoms with Gasteiger partial charge in [-0.2, -0.15) is 0 Å². The van der Waals surface area contributed by atoms with Gasteiger partial charge in [-0.05, 0) is 26.3 Å². The van der Waals surface area contributed by atoms with Gasteiger partial charge in [0.25, 0.3) is 0 Å². The molecule has 0 radical (unpaired) electrons. The lowest BCUT2D eigenvalue weighted by molar-refractivity contribution is -0.143. The van der Waals surface area contributed by atoms with E-state index in [4.69, 9.17) is 4.52 Å². The lowest BCUT2D eigenvalue weighted by Gasteiger charge is -2.25. The molecule has 17 heavy (non-hydrogen) atoms. The number of aromatic nitrogens is 1. The highest BCUT2D eigenvalue weighted by atomic mass is 16.5. The maximum Gasteiger partial charge on any atom is 0.320 e. The average molecular weight is 238 g/mol. The second kappa shape index (κ2) is 5.31. The van der Waals surface area contributed by atoms with Crippen LogP contribution in [0.15, 0.2) is 10.6 Å². The summed E-state index contributed by atoms with van der Waals surface area (Å²) in [6, 6.07) is 1.48. The first kappa shape index (κ1) is 12.1. The first-order valence-corrected chi connectivity index (χ1v) is 6.06. The number of carboxylic acids is 1. The number of nitrogens with zero attached hydrogens (tertiary/aromatic N) is 2. The van der Waals surface area contributed by atoms with Gasteiger partial charge >= 0.3 is 5.97 Å². The fraction of sp³-hybridized carbons (Fsp3) is 0.667. The molecule has 0 saturated carbocycles. The predicted molar refractivity (Wildman–Crippen MR) is 61.5 cm³/mol. The van der Waals surface area contributed by atoms with Crippen molar-refractivity contribution >= 4 is 5.97 Å². The summed E-state index contributed by atoms with van der Waals surface area (Å²) in [5.41, 5.74) is 0.815. The second-order valence-electron chi connectivity index (χ2n) is 4.60. The second-order valence-corrected chi connectivity index (χ2v) is 4.60. The summed E-state index contributed by atoms with van der Waals surface area (Å²) < 4.78 is 5.01. The molecule has 1 aromatic heterocycles. The third-order valence-corrected chi connectivity index (χ3v) is 3.19. The van der Waals surface area contributed by atoms with Crippen LogP contribution in [0.2, 0.25) is 0 Å². The van der Waals surface area contributed by atoms with Crippen molar-refractivity contribution in [2.45, 2.75) is 45.2 Å². The Bertz CT molecular complexity index is 389. The van der Waals surface area contributed by atoms with E-state index in [0.717, 1.165) is 43.7 Å². The Labute approximate surface area is 100 Å². The molecule has 94 valence electrons. The van der Waals surface area contributed by atoms with Gasteiger partial charge in [0.2, 0.25) is 0 Å². The first-order valence-electron chi connectivity index (χ1n) is 6.06. The Kier molecular flexibility index (Phi) is 3.78. The van der Waals surface area contributed by atoms with E-state index in [0.29, 0.717) is 6.54 Å². The molecule has 2 rings (SSSR count). The Hall–Kier alpha value is -1.36. The average Bonchev–Trinajstić information content (AvgIpc) is 2.55. The molecule has 1 saturated heterocycles. The third kappa shape index (κ3) is 3.06. The van der Waals surface area contributed by atoms with Crippen LogP contribution >= 0.6 is 0 Å². The first-order chi connectivity index (χ1) is 8.16. The molecule has 1 atom stereocenters. The highest BCUT2D eigenvalue weighted by Crippen LogP contribution is 2.19. The highest BCUT2D eigenvalue weighted by molar-refractivity contribution is 5.73. The standard InChI is InChI=1S/C12H18N2O3/c1-9-7-10(13-17-9)8-14-6-4-2-3-5-11(14)12(15)16/h7,11H,2-6,8H2,1H3,(H,15,16). The minimum Gasteiger partial charge on any atom is -0.480 e. The molecular weight excluding hydrogens is 220 g/mol. The number of rotatable bonds is 3. The summed E-state index contributed by atoms with van der Waals surface area (Å²) in [5, 5.41) is 13.2. The van der Waals surface area contributed by atoms with Gasteiger partial charge in [0.05, 0.1) is 5.69 Å². The molecule has 0 spiro atoms. The normalized spacial score (nSPS) is 22.3. The van der Waals surface area contributed by atoms with Crippen LogP contribution in [0.25, 0.3) is 0 Å². The van der Waals surface area contributed by atoms with E-state index in [9.17, 15) is 9.90 Å². The number of carbonyl (C=O) groups is 1. The molecule has 1 unspecified atom stereocenters. The summed E-state index contributed by atoms with van der Waals surface area (Å²) in [4.78, 5) is 13.2. The van der Waals surface area contributed by atoms with E-state index >= 15 is 0 Å². The smallest absolute Gasteiger partial charge is 0.320 e. The maximum absolute atomic E-state index is 11.2. The van der Waals surface area contributed by atoms with Crippen LogP contribution in [0, 0.1) is 6.92 Å². The monoisotopic (exact) mass is 238 g/mol. The van der Waals surface area contributed by atoms with Gasteiger partial charge in [-0.3, -0.25) is 9.69 Å². The zero-order valence-corrected chi connectivity index (χ0v) is 10.1. The molecule has 1 fully saturated rings. The molecule has 5 heteroatoms. The van der Waals surface area contributed by atoms with Crippen molar-refractivity contribution in [3.05, 3.63) is 17.5 Å². The summed E-state index contributed by atoms with van der Waals surface area (Å²) in [5.74, 6) is 0.0359. The summed E-state index contributed by atoms with van der Waals surface area (Å²) in [6.45, 7) is 3.23. The number of likely N-dealkylation sites (tertiary alicyclic amines) is 1. The van der Waals surface area contributed by atoms with Crippen LogP contribution < -0.4 is 0 Å². The lowest BCUT2D eigenvalue weighted by Crippen LogP contribution is -2.40. The van der Waals surface area contributed by atoms with E-state index in [1.807, 2.05) is 17.9 Å². The van der Waals surface area contributed by atoms with Gasteiger partial charge in [0.15, 0.2) is 0 Å². The predicted octanol–water partition coefficient (Wildman–Crippen LogP) is 1.81. The van der Waals surface area contributed by atoms with E-state index in [1.165, 1.54) is 0 Å². The quantitative estimate of drug-likeness (QED) is 0.870. The van der Waals surface area contributed by atoms with Crippen LogP contribution in [-0.4, -0.2) is 33.7 Å². The van der Waals surface area contributed by atoms with Gasteiger partial charge < -0.3 is 9.63 Å². The number of hydrogen-bond acceptors (Lipinski definition) is 4. The lowest BCUT2D eigenvalue weighted by atomic mass is 10.1. The number of aliphatic carboxylic acids is 1. The Morgan fingerprint density at radius 2 is 2.41 bits per heavy atom. The largest absolute Gasteiger partial charge is 0.480 e. The maximum atomic E-state index is 11.2. The Balaban J connectivity index is 2.07. The molecule has 1 N–H and O–H groups in total. The van der Waals surface area contributed by atoms with Gasteiger partial charge in [0, 0.05) is 12.6 Å². The van der Waals surface area contributed by atoms with Crippen LogP contribution in [0.1, 0.15) is 37.1 Å². The fourth-order valence-corrected chi connectivity index (χ4v) is 2.34. The molecule has 1 aliphatic heterocycles. The van der Waals surface area contributed by atoms with Crippen LogP contribution in [0.5, 0.6) is 0 Å². The molecule has 0 aliphatic carbocycles. The molecule has 2 heterocycles. The molecule has 0 amide bonds. The van der Waals surface area contributed by atoms with E-state index in [2.05, 4.69) is 5.16 Å². The highest BCUT2D eigenvalue weighted by Gasteiger charge is 2.27. The van der Waals surface area contributed by atoms with Crippen molar-refractivity contribution in [1.29, 1.82) is 0 Å². The van der Waals surface area contributed by atoms with Gasteiger partial charge in [-0.25, -0.2) is 0 Å². The third-order valence-electron chi connectivity index (χ3n) is 3.19. The van der Waals surface area contributed by atoms with Gasteiger partial charge in [-0.15, -0.1) is 0 Å². The molecule has 1 aromatic rings. The van der Waals surface area contributed by atoms with Crippen LogP contribution in [-0.2, 0) is 11.3 Å². The Morgan fingerprint density at radius 1 is 1.59 bits per heavy atom. The molecule has 5 nitrogen and oxygen atoms in total. The van der Waals surface area contributed by atoms with Gasteiger partial charge in [-0.1, -0.05) is 18.0 Å². The number of aryl methyl sites for hydroxylation is 1. The van der Waals surface area contributed by atoms with Crippen molar-refractivity contribution in [1.82, 2.24) is 10.1 Å². The van der Waals surface area contributed by atoms with Crippen LogP contribution in [0.3, 0.4) is 0 Å². The Morgan fingerprint density at radius 3 is 3.06 bits per heavy atom. The van der Waals surface area contributed by atoms with E-state index in [-0.39, 0.29) is 6.04 Å². The van der Waals surface area contributed by atoms with Crippen LogP contribution in [0.4, 0.5) is 0 Å². The zero-order valence-electron chi connectivity index (χ0n) is 10.1. The molecule has 1 aliphatic rings. The molecule has 0 bridgehead atoms. The van der Waals surface area contributed by atoms with E-state index in [1.54, 1.807) is 0 Å². The zero-order chi connectivity index (χ0) is 12.3. The minimum absolute atomic E-state index is 0.380. The van der Waals surface area contributed by atoms with Gasteiger partial charge in [0.1, 0.15) is 11.8 Å².